The van der Waals surface area contributed by atoms with Crippen molar-refractivity contribution in [1.29, 1.82) is 0 Å². The molecule has 8 heteroatoms. The number of benzene rings is 2. The summed E-state index contributed by atoms with van der Waals surface area (Å²) in [5, 5.41) is 13.3. The molecule has 0 aliphatic heterocycles. The van der Waals surface area contributed by atoms with Gasteiger partial charge in [0.1, 0.15) is 10.8 Å². The van der Waals surface area contributed by atoms with Gasteiger partial charge < -0.3 is 9.30 Å². The van der Waals surface area contributed by atoms with Crippen LogP contribution in [0.3, 0.4) is 0 Å². The van der Waals surface area contributed by atoms with Crippen LogP contribution in [0.15, 0.2) is 53.0 Å². The minimum absolute atomic E-state index is 0.209. The summed E-state index contributed by atoms with van der Waals surface area (Å²) in [6.45, 7) is 6.12. The second kappa shape index (κ2) is 9.42. The molecule has 0 fully saturated rings. The van der Waals surface area contributed by atoms with E-state index < -0.39 is 0 Å². The molecule has 0 N–H and O–H groups in total. The van der Waals surface area contributed by atoms with Gasteiger partial charge in [-0.25, -0.2) is 4.98 Å². The van der Waals surface area contributed by atoms with Crippen LogP contribution >= 0.6 is 34.7 Å². The van der Waals surface area contributed by atoms with E-state index in [4.69, 9.17) is 21.3 Å². The maximum atomic E-state index is 6.30. The van der Waals surface area contributed by atoms with Crippen LogP contribution in [0, 0.1) is 13.8 Å². The first-order chi connectivity index (χ1) is 14.9. The van der Waals surface area contributed by atoms with Crippen molar-refractivity contribution >= 4 is 34.7 Å². The number of hydrogen-bond donors (Lipinski definition) is 0. The van der Waals surface area contributed by atoms with Gasteiger partial charge in [0.15, 0.2) is 17.1 Å². The second-order valence-electron chi connectivity index (χ2n) is 7.34. The number of aromatic nitrogens is 4. The van der Waals surface area contributed by atoms with Crippen molar-refractivity contribution in [2.24, 2.45) is 7.05 Å². The third-order valence-electron chi connectivity index (χ3n) is 4.87. The van der Waals surface area contributed by atoms with Gasteiger partial charge >= 0.3 is 0 Å². The summed E-state index contributed by atoms with van der Waals surface area (Å²) in [6.07, 6.45) is -0.209. The summed E-state index contributed by atoms with van der Waals surface area (Å²) < 4.78 is 8.14. The molecule has 0 amide bonds. The largest absolute Gasteiger partial charge is 0.482 e. The quantitative estimate of drug-likeness (QED) is 0.283. The summed E-state index contributed by atoms with van der Waals surface area (Å²) in [7, 11) is 1.97. The topological polar surface area (TPSA) is 52.8 Å². The van der Waals surface area contributed by atoms with Gasteiger partial charge in [-0.15, -0.1) is 21.5 Å². The van der Waals surface area contributed by atoms with Crippen LogP contribution < -0.4 is 4.74 Å². The maximum Gasteiger partial charge on any atom is 0.191 e. The molecule has 4 rings (SSSR count). The van der Waals surface area contributed by atoms with Gasteiger partial charge in [0.05, 0.1) is 10.7 Å². The van der Waals surface area contributed by atoms with Crippen LogP contribution in [-0.4, -0.2) is 19.7 Å². The zero-order valence-corrected chi connectivity index (χ0v) is 20.2. The van der Waals surface area contributed by atoms with Crippen molar-refractivity contribution in [2.45, 2.75) is 37.8 Å². The number of rotatable bonds is 7. The van der Waals surface area contributed by atoms with Crippen LogP contribution in [0.4, 0.5) is 0 Å². The lowest BCUT2D eigenvalue weighted by atomic mass is 10.1. The molecular weight excluding hydrogens is 448 g/mol. The number of ether oxygens (including phenoxy) is 1. The highest BCUT2D eigenvalue weighted by molar-refractivity contribution is 7.98. The first-order valence-corrected chi connectivity index (χ1v) is 12.1. The first kappa shape index (κ1) is 21.9. The van der Waals surface area contributed by atoms with Gasteiger partial charge in [0.25, 0.3) is 0 Å². The van der Waals surface area contributed by atoms with E-state index in [0.29, 0.717) is 10.8 Å². The lowest BCUT2D eigenvalue weighted by Gasteiger charge is -2.16. The smallest absolute Gasteiger partial charge is 0.191 e. The molecule has 2 aromatic carbocycles. The molecule has 0 radical (unpaired) electrons. The zero-order chi connectivity index (χ0) is 22.0. The van der Waals surface area contributed by atoms with E-state index in [9.17, 15) is 0 Å². The summed E-state index contributed by atoms with van der Waals surface area (Å²) in [5.74, 6) is 2.36. The minimum Gasteiger partial charge on any atom is -0.482 e. The van der Waals surface area contributed by atoms with E-state index in [1.54, 1.807) is 23.1 Å². The highest BCUT2D eigenvalue weighted by Gasteiger charge is 2.18. The van der Waals surface area contributed by atoms with Gasteiger partial charge in [-0.1, -0.05) is 59.3 Å². The number of aryl methyl sites for hydroxylation is 2. The van der Waals surface area contributed by atoms with E-state index >= 15 is 0 Å². The normalized spacial score (nSPS) is 12.2. The average molecular weight is 471 g/mol. The Balaban J connectivity index is 1.42. The van der Waals surface area contributed by atoms with Gasteiger partial charge in [-0.3, -0.25) is 0 Å². The van der Waals surface area contributed by atoms with Crippen LogP contribution in [-0.2, 0) is 12.8 Å². The molecule has 1 unspecified atom stereocenters. The van der Waals surface area contributed by atoms with Crippen LogP contribution in [0.2, 0.25) is 5.02 Å². The molecule has 0 aliphatic carbocycles. The molecule has 0 aliphatic rings. The molecule has 31 heavy (non-hydrogen) atoms. The van der Waals surface area contributed by atoms with Crippen molar-refractivity contribution in [2.75, 3.05) is 0 Å². The molecule has 0 saturated heterocycles. The van der Waals surface area contributed by atoms with Gasteiger partial charge in [-0.2, -0.15) is 0 Å². The van der Waals surface area contributed by atoms with Gasteiger partial charge in [0.2, 0.25) is 0 Å². The molecule has 0 spiro atoms. The SMILES string of the molecule is Cc1ccc(OC(C)c2nnc(SCc3csc(-c4ccccc4Cl)n3)n2C)c(C)c1. The number of thioether (sulfide) groups is 1. The second-order valence-corrected chi connectivity index (χ2v) is 9.55. The lowest BCUT2D eigenvalue weighted by Crippen LogP contribution is -2.10. The van der Waals surface area contributed by atoms with Crippen molar-refractivity contribution in [3.63, 3.8) is 0 Å². The van der Waals surface area contributed by atoms with Crippen LogP contribution in [0.5, 0.6) is 5.75 Å². The third-order valence-corrected chi connectivity index (χ3v) is 7.18. The Labute approximate surface area is 195 Å². The van der Waals surface area contributed by atoms with E-state index in [2.05, 4.69) is 41.6 Å². The summed E-state index contributed by atoms with van der Waals surface area (Å²) in [6, 6.07) is 13.9. The van der Waals surface area contributed by atoms with Crippen molar-refractivity contribution < 1.29 is 4.74 Å². The standard InChI is InChI=1S/C23H23ClN4OS2/c1-14-9-10-20(15(2)11-14)29-16(3)21-26-27-23(28(21)4)31-13-17-12-30-22(25-17)18-7-5-6-8-19(18)24/h5-12,16H,13H2,1-4H3. The monoisotopic (exact) mass is 470 g/mol. The summed E-state index contributed by atoms with van der Waals surface area (Å²) in [5.41, 5.74) is 4.29. The Bertz CT molecular complexity index is 1200. The molecule has 5 nitrogen and oxygen atoms in total. The number of halogens is 1. The van der Waals surface area contributed by atoms with Gasteiger partial charge in [0, 0.05) is 23.7 Å². The van der Waals surface area contributed by atoms with E-state index in [1.807, 2.05) is 48.9 Å². The fourth-order valence-corrected chi connectivity index (χ4v) is 5.31. The Hall–Kier alpha value is -2.35. The summed E-state index contributed by atoms with van der Waals surface area (Å²) in [4.78, 5) is 4.73. The number of thiazole rings is 1. The van der Waals surface area contributed by atoms with E-state index in [-0.39, 0.29) is 6.10 Å². The molecule has 1 atom stereocenters. The summed E-state index contributed by atoms with van der Waals surface area (Å²) >= 11 is 9.50. The molecule has 0 saturated carbocycles. The third kappa shape index (κ3) is 4.95. The van der Waals surface area contributed by atoms with Crippen molar-refractivity contribution in [1.82, 2.24) is 19.7 Å². The van der Waals surface area contributed by atoms with Crippen LogP contribution in [0.1, 0.15) is 35.7 Å². The number of hydrogen-bond acceptors (Lipinski definition) is 6. The molecule has 2 aromatic heterocycles. The fourth-order valence-electron chi connectivity index (χ4n) is 3.25. The maximum absolute atomic E-state index is 6.30. The Morgan fingerprint density at radius 1 is 1.16 bits per heavy atom. The Morgan fingerprint density at radius 2 is 1.97 bits per heavy atom. The first-order valence-electron chi connectivity index (χ1n) is 9.87. The molecule has 160 valence electrons. The van der Waals surface area contributed by atoms with E-state index in [0.717, 1.165) is 38.6 Å². The minimum atomic E-state index is -0.209. The highest BCUT2D eigenvalue weighted by Crippen LogP contribution is 2.32. The molecule has 2 heterocycles. The predicted octanol–water partition coefficient (Wildman–Crippen LogP) is 6.64. The predicted molar refractivity (Wildman–Crippen MR) is 128 cm³/mol. The average Bonchev–Trinajstić information content (AvgIpc) is 3.35. The zero-order valence-electron chi connectivity index (χ0n) is 17.8. The molecular formula is C23H23ClN4OS2. The number of nitrogens with zero attached hydrogens (tertiary/aromatic N) is 4. The fraction of sp³-hybridized carbons (Fsp3) is 0.261. The Morgan fingerprint density at radius 3 is 2.74 bits per heavy atom. The van der Waals surface area contributed by atoms with Crippen LogP contribution in [0.25, 0.3) is 10.6 Å². The molecule has 0 bridgehead atoms. The lowest BCUT2D eigenvalue weighted by molar-refractivity contribution is 0.210. The molecule has 4 aromatic rings. The van der Waals surface area contributed by atoms with Crippen molar-refractivity contribution in [3.8, 4) is 16.3 Å². The van der Waals surface area contributed by atoms with Crippen molar-refractivity contribution in [3.05, 3.63) is 75.5 Å². The van der Waals surface area contributed by atoms with E-state index in [1.165, 1.54) is 5.56 Å². The highest BCUT2D eigenvalue weighted by atomic mass is 35.5. The van der Waals surface area contributed by atoms with Gasteiger partial charge in [-0.05, 0) is 38.5 Å². The Kier molecular flexibility index (Phi) is 6.65.